The van der Waals surface area contributed by atoms with Crippen LogP contribution >= 0.6 is 0 Å². The number of β-lactam (4-membered cyclic amide) rings is 1. The van der Waals surface area contributed by atoms with Gasteiger partial charge in [0, 0.05) is 18.6 Å². The molecule has 1 aliphatic rings. The van der Waals surface area contributed by atoms with Crippen molar-refractivity contribution in [2.45, 2.75) is 30.9 Å². The van der Waals surface area contributed by atoms with Crippen LogP contribution < -0.4 is 10.1 Å². The van der Waals surface area contributed by atoms with Gasteiger partial charge in [-0.05, 0) is 59.5 Å². The van der Waals surface area contributed by atoms with Gasteiger partial charge in [-0.2, -0.15) is 0 Å². The number of carbonyl (C=O) groups is 2. The zero-order chi connectivity index (χ0) is 25.0. The van der Waals surface area contributed by atoms with Crippen LogP contribution in [0.1, 0.15) is 35.6 Å². The molecule has 0 saturated carbocycles. The van der Waals surface area contributed by atoms with Crippen LogP contribution in [-0.4, -0.2) is 23.9 Å². The first-order valence-electron chi connectivity index (χ1n) is 10.9. The summed E-state index contributed by atoms with van der Waals surface area (Å²) in [5.41, 5.74) is 1.18. The predicted molar refractivity (Wildman–Crippen MR) is 124 cm³/mol. The molecule has 1 heterocycles. The molecule has 0 bridgehead atoms. The summed E-state index contributed by atoms with van der Waals surface area (Å²) in [5.74, 6) is -0.501. The summed E-state index contributed by atoms with van der Waals surface area (Å²) in [5, 5.41) is 13.7. The molecule has 1 fully saturated rings. The van der Waals surface area contributed by atoms with Crippen molar-refractivity contribution in [3.63, 3.8) is 0 Å². The number of carbonyl (C=O) groups excluding carboxylic acids is 2. The highest BCUT2D eigenvalue weighted by Gasteiger charge is 2.56. The number of amides is 1. The molecule has 0 aromatic heterocycles. The van der Waals surface area contributed by atoms with Crippen molar-refractivity contribution < 1.29 is 28.4 Å². The monoisotopic (exact) mass is 478 g/mol. The smallest absolute Gasteiger partial charge is 0.305 e. The van der Waals surface area contributed by atoms with E-state index in [4.69, 9.17) is 9.47 Å². The molecule has 1 amide bonds. The Hall–Kier alpha value is -4.27. The fourth-order valence-corrected chi connectivity index (χ4v) is 4.29. The number of halogens is 1. The number of ether oxygens (including phenoxy) is 2. The average Bonchev–Trinajstić information content (AvgIpc) is 2.87. The minimum atomic E-state index is -1.04. The summed E-state index contributed by atoms with van der Waals surface area (Å²) in [6.07, 6.45) is 0.244. The lowest BCUT2D eigenvalue weighted by Crippen LogP contribution is -2.64. The number of nitro benzene ring substituents is 1. The molecule has 1 N–H and O–H groups in total. The number of rotatable bonds is 9. The Bertz CT molecular complexity index is 1230. The summed E-state index contributed by atoms with van der Waals surface area (Å²) < 4.78 is 24.1. The first kappa shape index (κ1) is 23.9. The molecule has 35 heavy (non-hydrogen) atoms. The number of methoxy groups -OCH3 is 1. The van der Waals surface area contributed by atoms with Crippen molar-refractivity contribution in [1.82, 2.24) is 5.32 Å². The van der Waals surface area contributed by atoms with Gasteiger partial charge in [0.05, 0.1) is 23.5 Å². The van der Waals surface area contributed by atoms with E-state index in [0.717, 1.165) is 11.1 Å². The fraction of sp³-hybridized carbons (Fsp3) is 0.231. The second kappa shape index (κ2) is 9.92. The first-order valence-corrected chi connectivity index (χ1v) is 10.9. The van der Waals surface area contributed by atoms with Crippen LogP contribution in [0.5, 0.6) is 5.75 Å². The fourth-order valence-electron chi connectivity index (χ4n) is 4.29. The van der Waals surface area contributed by atoms with Crippen LogP contribution in [0.2, 0.25) is 0 Å². The third-order valence-electron chi connectivity index (χ3n) is 6.25. The average molecular weight is 478 g/mol. The van der Waals surface area contributed by atoms with Gasteiger partial charge in [-0.15, -0.1) is 0 Å². The van der Waals surface area contributed by atoms with Gasteiger partial charge in [-0.25, -0.2) is 4.39 Å². The van der Waals surface area contributed by atoms with E-state index in [9.17, 15) is 24.1 Å². The number of esters is 1. The number of hydrogen-bond donors (Lipinski definition) is 1. The third kappa shape index (κ3) is 4.84. The van der Waals surface area contributed by atoms with E-state index in [-0.39, 0.29) is 31.0 Å². The SMILES string of the molecule is COC(=O)CC[C@]1(c2ccc(F)cc2)C(=O)N[C@H]1c1ccc(OCc2ccc([N+](=O)[O-])cc2)cc1. The van der Waals surface area contributed by atoms with Crippen molar-refractivity contribution in [1.29, 1.82) is 0 Å². The zero-order valence-corrected chi connectivity index (χ0v) is 18.9. The van der Waals surface area contributed by atoms with Gasteiger partial charge in [-0.1, -0.05) is 24.3 Å². The van der Waals surface area contributed by atoms with Gasteiger partial charge in [0.15, 0.2) is 0 Å². The molecule has 0 radical (unpaired) electrons. The Morgan fingerprint density at radius 3 is 2.29 bits per heavy atom. The van der Waals surface area contributed by atoms with Gasteiger partial charge in [0.2, 0.25) is 5.91 Å². The van der Waals surface area contributed by atoms with Gasteiger partial charge >= 0.3 is 5.97 Å². The summed E-state index contributed by atoms with van der Waals surface area (Å²) in [6, 6.07) is 18.6. The standard InChI is InChI=1S/C26H23FN2O6/c1-34-23(30)14-15-26(19-6-8-20(27)9-7-19)24(28-25(26)31)18-4-12-22(13-5-18)35-16-17-2-10-21(11-3-17)29(32)33/h2-13,24H,14-16H2,1H3,(H,28,31)/t24-,26+/m0/s1. The predicted octanol–water partition coefficient (Wildman–Crippen LogP) is 4.38. The molecule has 180 valence electrons. The first-order chi connectivity index (χ1) is 16.8. The summed E-state index contributed by atoms with van der Waals surface area (Å²) in [4.78, 5) is 35.1. The Balaban J connectivity index is 1.52. The molecule has 8 nitrogen and oxygen atoms in total. The Kier molecular flexibility index (Phi) is 6.77. The van der Waals surface area contributed by atoms with E-state index < -0.39 is 28.2 Å². The third-order valence-corrected chi connectivity index (χ3v) is 6.25. The minimum absolute atomic E-state index is 0.0116. The molecule has 2 atom stereocenters. The van der Waals surface area contributed by atoms with Crippen molar-refractivity contribution in [2.24, 2.45) is 0 Å². The highest BCUT2D eigenvalue weighted by atomic mass is 19.1. The van der Waals surface area contributed by atoms with Crippen molar-refractivity contribution in [3.05, 3.63) is 105 Å². The van der Waals surface area contributed by atoms with Crippen LogP contribution in [0.3, 0.4) is 0 Å². The quantitative estimate of drug-likeness (QED) is 0.212. The Morgan fingerprint density at radius 1 is 1.06 bits per heavy atom. The number of nitrogens with zero attached hydrogens (tertiary/aromatic N) is 1. The van der Waals surface area contributed by atoms with Crippen molar-refractivity contribution in [2.75, 3.05) is 7.11 Å². The second-order valence-corrected chi connectivity index (χ2v) is 8.24. The molecule has 0 aliphatic carbocycles. The van der Waals surface area contributed by atoms with Gasteiger partial charge < -0.3 is 14.8 Å². The van der Waals surface area contributed by atoms with Crippen LogP contribution in [0.4, 0.5) is 10.1 Å². The molecule has 3 aromatic carbocycles. The van der Waals surface area contributed by atoms with E-state index in [1.807, 2.05) is 12.1 Å². The summed E-state index contributed by atoms with van der Waals surface area (Å²) in [7, 11) is 1.29. The minimum Gasteiger partial charge on any atom is -0.489 e. The molecule has 1 aliphatic heterocycles. The van der Waals surface area contributed by atoms with Gasteiger partial charge in [0.25, 0.3) is 5.69 Å². The Morgan fingerprint density at radius 2 is 1.71 bits per heavy atom. The van der Waals surface area contributed by atoms with Crippen molar-refractivity contribution in [3.8, 4) is 5.75 Å². The van der Waals surface area contributed by atoms with Crippen molar-refractivity contribution >= 4 is 17.6 Å². The van der Waals surface area contributed by atoms with E-state index in [0.29, 0.717) is 11.3 Å². The van der Waals surface area contributed by atoms with E-state index in [1.54, 1.807) is 36.4 Å². The highest BCUT2D eigenvalue weighted by molar-refractivity contribution is 5.96. The molecule has 9 heteroatoms. The van der Waals surface area contributed by atoms with E-state index >= 15 is 0 Å². The molecule has 0 unspecified atom stereocenters. The number of nitro groups is 1. The maximum atomic E-state index is 13.6. The lowest BCUT2D eigenvalue weighted by atomic mass is 9.63. The number of non-ortho nitro benzene ring substituents is 1. The highest BCUT2D eigenvalue weighted by Crippen LogP contribution is 2.48. The maximum Gasteiger partial charge on any atom is 0.305 e. The lowest BCUT2D eigenvalue weighted by molar-refractivity contribution is -0.384. The lowest BCUT2D eigenvalue weighted by Gasteiger charge is -2.49. The molecule has 4 rings (SSSR count). The van der Waals surface area contributed by atoms with E-state index in [2.05, 4.69) is 5.32 Å². The largest absolute Gasteiger partial charge is 0.489 e. The second-order valence-electron chi connectivity index (χ2n) is 8.24. The van der Waals surface area contributed by atoms with Crippen LogP contribution in [-0.2, 0) is 26.3 Å². The van der Waals surface area contributed by atoms with Gasteiger partial charge in [0.1, 0.15) is 18.2 Å². The molecule has 3 aromatic rings. The topological polar surface area (TPSA) is 108 Å². The number of hydrogen-bond acceptors (Lipinski definition) is 6. The van der Waals surface area contributed by atoms with Crippen LogP contribution in [0.25, 0.3) is 0 Å². The van der Waals surface area contributed by atoms with Crippen LogP contribution in [0, 0.1) is 15.9 Å². The molecular weight excluding hydrogens is 455 g/mol. The van der Waals surface area contributed by atoms with E-state index in [1.165, 1.54) is 31.4 Å². The van der Waals surface area contributed by atoms with Crippen LogP contribution in [0.15, 0.2) is 72.8 Å². The summed E-state index contributed by atoms with van der Waals surface area (Å²) >= 11 is 0. The van der Waals surface area contributed by atoms with Gasteiger partial charge in [-0.3, -0.25) is 19.7 Å². The molecular formula is C26H23FN2O6. The number of benzene rings is 3. The molecule has 0 spiro atoms. The maximum absolute atomic E-state index is 13.6. The summed E-state index contributed by atoms with van der Waals surface area (Å²) in [6.45, 7) is 0.232. The zero-order valence-electron chi connectivity index (χ0n) is 18.9. The Labute approximate surface area is 200 Å². The number of nitrogens with one attached hydrogen (secondary N) is 1. The normalized spacial score (nSPS) is 18.8. The molecule has 1 saturated heterocycles.